The highest BCUT2D eigenvalue weighted by Gasteiger charge is 2.02. The van der Waals surface area contributed by atoms with Gasteiger partial charge in [-0.25, -0.2) is 5.43 Å². The topological polar surface area (TPSA) is 62.7 Å². The predicted molar refractivity (Wildman–Crippen MR) is 93.0 cm³/mol. The maximum absolute atomic E-state index is 11.8. The molecule has 2 aromatic rings. The molecule has 5 heteroatoms. The van der Waals surface area contributed by atoms with E-state index in [0.717, 1.165) is 28.3 Å². The quantitative estimate of drug-likeness (QED) is 0.637. The number of hydrogen-bond acceptors (Lipinski definition) is 4. The predicted octanol–water partition coefficient (Wildman–Crippen LogP) is 2.96. The van der Waals surface area contributed by atoms with Crippen LogP contribution < -0.4 is 15.5 Å². The molecular formula is C18H21N3O2. The third-order valence-electron chi connectivity index (χ3n) is 3.33. The van der Waals surface area contributed by atoms with Gasteiger partial charge in [-0.05, 0) is 61.4 Å². The molecule has 0 radical (unpaired) electrons. The fourth-order valence-corrected chi connectivity index (χ4v) is 2.02. The lowest BCUT2D eigenvalue weighted by atomic mass is 10.1. The summed E-state index contributed by atoms with van der Waals surface area (Å²) in [6, 6.07) is 15.4. The number of rotatable bonds is 6. The number of nitrogens with zero attached hydrogens (tertiary/aromatic N) is 1. The number of benzene rings is 2. The monoisotopic (exact) mass is 311 g/mol. The Morgan fingerprint density at radius 1 is 1.17 bits per heavy atom. The van der Waals surface area contributed by atoms with E-state index >= 15 is 0 Å². The van der Waals surface area contributed by atoms with Crippen LogP contribution >= 0.6 is 0 Å². The Kier molecular flexibility index (Phi) is 5.74. The van der Waals surface area contributed by atoms with Crippen molar-refractivity contribution < 1.29 is 9.53 Å². The summed E-state index contributed by atoms with van der Waals surface area (Å²) < 4.78 is 5.11. The third kappa shape index (κ3) is 5.14. The number of methoxy groups -OCH3 is 1. The minimum Gasteiger partial charge on any atom is -0.497 e. The molecule has 2 aromatic carbocycles. The van der Waals surface area contributed by atoms with Crippen LogP contribution in [-0.2, 0) is 4.79 Å². The number of anilines is 1. The van der Waals surface area contributed by atoms with E-state index in [-0.39, 0.29) is 12.5 Å². The molecule has 0 aliphatic heterocycles. The molecule has 0 bridgehead atoms. The number of nitrogens with one attached hydrogen (secondary N) is 2. The first-order valence-electron chi connectivity index (χ1n) is 7.36. The summed E-state index contributed by atoms with van der Waals surface area (Å²) in [4.78, 5) is 11.8. The van der Waals surface area contributed by atoms with Gasteiger partial charge in [0, 0.05) is 5.69 Å². The molecule has 5 nitrogen and oxygen atoms in total. The van der Waals surface area contributed by atoms with Crippen LogP contribution in [0.3, 0.4) is 0 Å². The Morgan fingerprint density at radius 3 is 2.57 bits per heavy atom. The minimum atomic E-state index is -0.195. The van der Waals surface area contributed by atoms with Crippen LogP contribution in [0.1, 0.15) is 18.1 Å². The normalized spacial score (nSPS) is 11.0. The van der Waals surface area contributed by atoms with E-state index in [2.05, 4.69) is 15.8 Å². The highest BCUT2D eigenvalue weighted by molar-refractivity contribution is 5.99. The van der Waals surface area contributed by atoms with E-state index in [1.807, 2.05) is 62.4 Å². The summed E-state index contributed by atoms with van der Waals surface area (Å²) in [5, 5.41) is 7.18. The van der Waals surface area contributed by atoms with Gasteiger partial charge in [-0.1, -0.05) is 12.1 Å². The molecule has 120 valence electrons. The highest BCUT2D eigenvalue weighted by Crippen LogP contribution is 2.12. The zero-order valence-electron chi connectivity index (χ0n) is 13.6. The largest absolute Gasteiger partial charge is 0.497 e. The van der Waals surface area contributed by atoms with Gasteiger partial charge in [-0.3, -0.25) is 4.79 Å². The van der Waals surface area contributed by atoms with Gasteiger partial charge in [0.2, 0.25) is 0 Å². The summed E-state index contributed by atoms with van der Waals surface area (Å²) in [6.45, 7) is 4.02. The molecule has 23 heavy (non-hydrogen) atoms. The lowest BCUT2D eigenvalue weighted by Crippen LogP contribution is -2.26. The summed E-state index contributed by atoms with van der Waals surface area (Å²) >= 11 is 0. The standard InChI is InChI=1S/C18H21N3O2/c1-13-5-4-6-16(11-13)19-12-18(22)21-20-14(2)15-7-9-17(23-3)10-8-15/h4-11,19H,12H2,1-3H3,(H,21,22)/b20-14-. The van der Waals surface area contributed by atoms with E-state index in [4.69, 9.17) is 4.74 Å². The van der Waals surface area contributed by atoms with Crippen LogP contribution in [-0.4, -0.2) is 25.3 Å². The average Bonchev–Trinajstić information content (AvgIpc) is 2.58. The lowest BCUT2D eigenvalue weighted by molar-refractivity contribution is -0.119. The third-order valence-corrected chi connectivity index (χ3v) is 3.33. The molecule has 0 aliphatic carbocycles. The van der Waals surface area contributed by atoms with Crippen molar-refractivity contribution in [3.05, 3.63) is 59.7 Å². The van der Waals surface area contributed by atoms with Crippen molar-refractivity contribution in [2.75, 3.05) is 19.0 Å². The van der Waals surface area contributed by atoms with E-state index in [0.29, 0.717) is 0 Å². The zero-order valence-corrected chi connectivity index (χ0v) is 13.6. The van der Waals surface area contributed by atoms with E-state index in [9.17, 15) is 4.79 Å². The van der Waals surface area contributed by atoms with Crippen molar-refractivity contribution in [2.45, 2.75) is 13.8 Å². The van der Waals surface area contributed by atoms with Crippen LogP contribution in [0, 0.1) is 6.92 Å². The fraction of sp³-hybridized carbons (Fsp3) is 0.222. The van der Waals surface area contributed by atoms with Crippen LogP contribution in [0.5, 0.6) is 5.75 Å². The van der Waals surface area contributed by atoms with Crippen molar-refractivity contribution in [1.29, 1.82) is 0 Å². The van der Waals surface area contributed by atoms with E-state index < -0.39 is 0 Å². The first-order chi connectivity index (χ1) is 11.1. The van der Waals surface area contributed by atoms with Gasteiger partial charge in [-0.2, -0.15) is 5.10 Å². The second-order valence-electron chi connectivity index (χ2n) is 5.18. The molecule has 0 heterocycles. The lowest BCUT2D eigenvalue weighted by Gasteiger charge is -2.07. The van der Waals surface area contributed by atoms with Crippen LogP contribution in [0.15, 0.2) is 53.6 Å². The molecule has 0 atom stereocenters. The molecule has 0 fully saturated rings. The highest BCUT2D eigenvalue weighted by atomic mass is 16.5. The van der Waals surface area contributed by atoms with Crippen molar-refractivity contribution in [1.82, 2.24) is 5.43 Å². The first-order valence-corrected chi connectivity index (χ1v) is 7.36. The van der Waals surface area contributed by atoms with Gasteiger partial charge < -0.3 is 10.1 Å². The number of carbonyl (C=O) groups excluding carboxylic acids is 1. The molecule has 2 rings (SSSR count). The Morgan fingerprint density at radius 2 is 1.91 bits per heavy atom. The van der Waals surface area contributed by atoms with Crippen LogP contribution in [0.4, 0.5) is 5.69 Å². The van der Waals surface area contributed by atoms with Crippen molar-refractivity contribution in [3.63, 3.8) is 0 Å². The van der Waals surface area contributed by atoms with Gasteiger partial charge in [0.15, 0.2) is 0 Å². The average molecular weight is 311 g/mol. The molecule has 2 N–H and O–H groups in total. The summed E-state index contributed by atoms with van der Waals surface area (Å²) in [7, 11) is 1.62. The fourth-order valence-electron chi connectivity index (χ4n) is 2.02. The smallest absolute Gasteiger partial charge is 0.259 e. The second kappa shape index (κ2) is 7.98. The van der Waals surface area contributed by atoms with E-state index in [1.54, 1.807) is 7.11 Å². The SMILES string of the molecule is COc1ccc(/C(C)=N\NC(=O)CNc2cccc(C)c2)cc1. The molecule has 0 aromatic heterocycles. The Labute approximate surface area is 136 Å². The molecule has 0 unspecified atom stereocenters. The Bertz CT molecular complexity index is 694. The maximum Gasteiger partial charge on any atom is 0.259 e. The van der Waals surface area contributed by atoms with Crippen LogP contribution in [0.2, 0.25) is 0 Å². The van der Waals surface area contributed by atoms with Gasteiger partial charge in [-0.15, -0.1) is 0 Å². The Balaban J connectivity index is 1.86. The molecule has 0 saturated heterocycles. The molecule has 0 aliphatic rings. The van der Waals surface area contributed by atoms with Gasteiger partial charge in [0.1, 0.15) is 5.75 Å². The zero-order chi connectivity index (χ0) is 16.7. The Hall–Kier alpha value is -2.82. The van der Waals surface area contributed by atoms with Gasteiger partial charge >= 0.3 is 0 Å². The van der Waals surface area contributed by atoms with Crippen LogP contribution in [0.25, 0.3) is 0 Å². The van der Waals surface area contributed by atoms with Gasteiger partial charge in [0.25, 0.3) is 5.91 Å². The van der Waals surface area contributed by atoms with Gasteiger partial charge in [0.05, 0.1) is 19.4 Å². The number of aryl methyl sites for hydroxylation is 1. The number of ether oxygens (including phenoxy) is 1. The number of hydrogen-bond donors (Lipinski definition) is 2. The molecule has 0 saturated carbocycles. The number of carbonyl (C=O) groups is 1. The second-order valence-corrected chi connectivity index (χ2v) is 5.18. The van der Waals surface area contributed by atoms with Crippen molar-refractivity contribution in [3.8, 4) is 5.75 Å². The summed E-state index contributed by atoms with van der Waals surface area (Å²) in [6.07, 6.45) is 0. The first kappa shape index (κ1) is 16.5. The number of hydrazone groups is 1. The van der Waals surface area contributed by atoms with Crippen molar-refractivity contribution >= 4 is 17.3 Å². The maximum atomic E-state index is 11.8. The molecular weight excluding hydrogens is 290 g/mol. The summed E-state index contributed by atoms with van der Waals surface area (Å²) in [5.41, 5.74) is 6.27. The molecule has 1 amide bonds. The van der Waals surface area contributed by atoms with Crippen molar-refractivity contribution in [2.24, 2.45) is 5.10 Å². The number of amides is 1. The minimum absolute atomic E-state index is 0.169. The molecule has 0 spiro atoms. The summed E-state index contributed by atoms with van der Waals surface area (Å²) in [5.74, 6) is 0.590. The van der Waals surface area contributed by atoms with E-state index in [1.165, 1.54) is 0 Å².